The van der Waals surface area contributed by atoms with E-state index >= 15 is 0 Å². The van der Waals surface area contributed by atoms with Crippen molar-refractivity contribution in [3.63, 3.8) is 0 Å². The van der Waals surface area contributed by atoms with Crippen LogP contribution in [-0.4, -0.2) is 65.4 Å². The summed E-state index contributed by atoms with van der Waals surface area (Å²) in [5.41, 5.74) is 0.491. The molecule has 1 saturated heterocycles. The lowest BCUT2D eigenvalue weighted by Crippen LogP contribution is -3.15. The number of aromatic nitrogens is 1. The van der Waals surface area contributed by atoms with E-state index in [9.17, 15) is 13.2 Å². The Hall–Kier alpha value is -2.49. The van der Waals surface area contributed by atoms with Crippen LogP contribution in [0.3, 0.4) is 0 Å². The predicted octanol–water partition coefficient (Wildman–Crippen LogP) is -0.905. The minimum atomic E-state index is -3.53. The summed E-state index contributed by atoms with van der Waals surface area (Å²) in [6.07, 6.45) is 1.91. The molecule has 0 aliphatic carbocycles. The monoisotopic (exact) mass is 405 g/mol. The molecule has 0 spiro atoms. The maximum atomic E-state index is 12.4. The van der Waals surface area contributed by atoms with E-state index in [4.69, 9.17) is 0 Å². The number of piperazine rings is 1. The third-order valence-electron chi connectivity index (χ3n) is 4.81. The van der Waals surface area contributed by atoms with Crippen molar-refractivity contribution in [2.75, 3.05) is 57.0 Å². The summed E-state index contributed by atoms with van der Waals surface area (Å²) < 4.78 is 25.6. The Kier molecular flexibility index (Phi) is 6.28. The number of anilines is 2. The maximum Gasteiger partial charge on any atom is 0.279 e. The van der Waals surface area contributed by atoms with E-state index in [1.807, 2.05) is 24.4 Å². The topological polar surface area (TPSA) is 88.3 Å². The molecule has 0 radical (unpaired) electrons. The number of sulfonamides is 1. The number of hydrogen-bond acceptors (Lipinski definition) is 4. The molecule has 2 aromatic rings. The van der Waals surface area contributed by atoms with E-state index in [1.54, 1.807) is 12.1 Å². The largest absolute Gasteiger partial charge is 0.321 e. The average molecular weight is 406 g/mol. The van der Waals surface area contributed by atoms with Crippen LogP contribution in [-0.2, 0) is 14.8 Å². The number of carbonyl (C=O) groups is 1. The normalized spacial score (nSPS) is 15.6. The van der Waals surface area contributed by atoms with Gasteiger partial charge in [-0.2, -0.15) is 0 Å². The molecule has 0 bridgehead atoms. The first-order chi connectivity index (χ1) is 13.4. The Morgan fingerprint density at radius 1 is 1.18 bits per heavy atom. The zero-order valence-corrected chi connectivity index (χ0v) is 17.0. The Morgan fingerprint density at radius 3 is 2.57 bits per heavy atom. The number of amides is 1. The van der Waals surface area contributed by atoms with E-state index in [1.165, 1.54) is 31.1 Å². The molecule has 0 atom stereocenters. The molecule has 1 amide bonds. The van der Waals surface area contributed by atoms with Crippen LogP contribution in [0.2, 0.25) is 0 Å². The van der Waals surface area contributed by atoms with Gasteiger partial charge in [0.2, 0.25) is 10.0 Å². The number of nitrogens with zero attached hydrogens (tertiary/aromatic N) is 2. The molecule has 1 aliphatic heterocycles. The molecule has 1 aliphatic rings. The first-order valence-corrected chi connectivity index (χ1v) is 10.7. The van der Waals surface area contributed by atoms with Gasteiger partial charge in [-0.05, 0) is 24.3 Å². The van der Waals surface area contributed by atoms with Crippen molar-refractivity contribution in [1.82, 2.24) is 4.31 Å². The van der Waals surface area contributed by atoms with Crippen LogP contribution in [0.4, 0.5) is 11.5 Å². The lowest BCUT2D eigenvalue weighted by Gasteiger charge is -2.27. The molecule has 150 valence electrons. The molecule has 28 heavy (non-hydrogen) atoms. The van der Waals surface area contributed by atoms with E-state index in [-0.39, 0.29) is 10.8 Å². The highest BCUT2D eigenvalue weighted by Gasteiger charge is 2.27. The van der Waals surface area contributed by atoms with Gasteiger partial charge >= 0.3 is 0 Å². The van der Waals surface area contributed by atoms with Crippen LogP contribution in [0.5, 0.6) is 0 Å². The van der Waals surface area contributed by atoms with Gasteiger partial charge in [-0.1, -0.05) is 12.1 Å². The molecule has 0 saturated carbocycles. The third kappa shape index (κ3) is 4.86. The van der Waals surface area contributed by atoms with Crippen molar-refractivity contribution in [2.24, 2.45) is 0 Å². The fourth-order valence-corrected chi connectivity index (χ4v) is 4.15. The van der Waals surface area contributed by atoms with Crippen LogP contribution >= 0.6 is 0 Å². The number of hydrogen-bond donors (Lipinski definition) is 2. The Morgan fingerprint density at radius 2 is 1.93 bits per heavy atom. The number of benzene rings is 1. The lowest BCUT2D eigenvalue weighted by molar-refractivity contribution is -0.892. The number of rotatable bonds is 6. The van der Waals surface area contributed by atoms with E-state index in [0.717, 1.165) is 36.3 Å². The van der Waals surface area contributed by atoms with E-state index in [0.29, 0.717) is 12.2 Å². The van der Waals surface area contributed by atoms with Gasteiger partial charge in [-0.25, -0.2) is 17.7 Å². The summed E-state index contributed by atoms with van der Waals surface area (Å²) >= 11 is 0. The molecular formula is C19H27N5O3S+2. The van der Waals surface area contributed by atoms with Crippen LogP contribution in [0, 0.1) is 0 Å². The molecule has 2 heterocycles. The van der Waals surface area contributed by atoms with Gasteiger partial charge in [-0.15, -0.1) is 0 Å². The number of nitrogens with one attached hydrogen (secondary N) is 3. The van der Waals surface area contributed by atoms with Crippen LogP contribution in [0.25, 0.3) is 0 Å². The minimum Gasteiger partial charge on any atom is -0.321 e. The zero-order chi connectivity index (χ0) is 20.1. The number of quaternary nitrogens is 1. The third-order valence-corrected chi connectivity index (χ3v) is 6.62. The van der Waals surface area contributed by atoms with Crippen molar-refractivity contribution in [2.45, 2.75) is 4.90 Å². The second kappa shape index (κ2) is 8.68. The van der Waals surface area contributed by atoms with Gasteiger partial charge in [0, 0.05) is 25.8 Å². The smallest absolute Gasteiger partial charge is 0.279 e. The van der Waals surface area contributed by atoms with Gasteiger partial charge in [0.25, 0.3) is 11.7 Å². The van der Waals surface area contributed by atoms with Crippen molar-refractivity contribution >= 4 is 27.4 Å². The number of aromatic amines is 1. The van der Waals surface area contributed by atoms with Crippen molar-refractivity contribution in [1.29, 1.82) is 0 Å². The molecule has 3 rings (SSSR count). The van der Waals surface area contributed by atoms with E-state index in [2.05, 4.69) is 15.2 Å². The van der Waals surface area contributed by atoms with Crippen molar-refractivity contribution in [3.05, 3.63) is 48.7 Å². The molecular weight excluding hydrogens is 378 g/mol. The summed E-state index contributed by atoms with van der Waals surface area (Å²) in [5.74, 6) is 0.971. The maximum absolute atomic E-state index is 12.4. The quantitative estimate of drug-likeness (QED) is 0.652. The second-order valence-corrected chi connectivity index (χ2v) is 9.18. The van der Waals surface area contributed by atoms with Gasteiger partial charge < -0.3 is 10.2 Å². The lowest BCUT2D eigenvalue weighted by atomic mass is 10.3. The second-order valence-electron chi connectivity index (χ2n) is 7.03. The van der Waals surface area contributed by atoms with Gasteiger partial charge in [-0.3, -0.25) is 9.69 Å². The van der Waals surface area contributed by atoms with Crippen molar-refractivity contribution in [3.8, 4) is 0 Å². The number of carbonyl (C=O) groups excluding carboxylic acids is 1. The number of H-pyrrole nitrogens is 1. The Balaban J connectivity index is 1.54. The predicted molar refractivity (Wildman–Crippen MR) is 107 cm³/mol. The summed E-state index contributed by atoms with van der Waals surface area (Å²) in [6, 6.07) is 12.4. The molecule has 3 N–H and O–H groups in total. The summed E-state index contributed by atoms with van der Waals surface area (Å²) in [4.78, 5) is 19.3. The summed E-state index contributed by atoms with van der Waals surface area (Å²) in [5, 5.41) is 2.82. The van der Waals surface area contributed by atoms with Crippen LogP contribution in [0.1, 0.15) is 0 Å². The number of pyridine rings is 1. The highest BCUT2D eigenvalue weighted by Crippen LogP contribution is 2.17. The highest BCUT2D eigenvalue weighted by molar-refractivity contribution is 7.89. The summed E-state index contributed by atoms with van der Waals surface area (Å²) in [7, 11) is -0.561. The molecule has 1 fully saturated rings. The van der Waals surface area contributed by atoms with Crippen molar-refractivity contribution < 1.29 is 23.1 Å². The molecule has 8 nitrogen and oxygen atoms in total. The molecule has 0 unspecified atom stereocenters. The fraction of sp³-hybridized carbons (Fsp3) is 0.368. The zero-order valence-electron chi connectivity index (χ0n) is 16.2. The van der Waals surface area contributed by atoms with Gasteiger partial charge in [0.1, 0.15) is 26.2 Å². The highest BCUT2D eigenvalue weighted by atomic mass is 32.2. The fourth-order valence-electron chi connectivity index (χ4n) is 3.20. The Labute approximate surface area is 165 Å². The Bertz CT molecular complexity index is 910. The average Bonchev–Trinajstić information content (AvgIpc) is 2.69. The molecule has 9 heteroatoms. The van der Waals surface area contributed by atoms with Crippen LogP contribution in [0.15, 0.2) is 53.6 Å². The first kappa shape index (κ1) is 20.2. The van der Waals surface area contributed by atoms with Gasteiger partial charge in [0.15, 0.2) is 6.54 Å². The SMILES string of the molecule is CN(C)S(=O)(=O)c1cccc(NC(=O)C[NH+]2CCN(c3cccc[nH+]3)CC2)c1. The summed E-state index contributed by atoms with van der Waals surface area (Å²) in [6.45, 7) is 3.84. The van der Waals surface area contributed by atoms with Gasteiger partial charge in [0.05, 0.1) is 11.1 Å². The van der Waals surface area contributed by atoms with E-state index < -0.39 is 10.0 Å². The minimum absolute atomic E-state index is 0.117. The molecule has 1 aromatic heterocycles. The first-order valence-electron chi connectivity index (χ1n) is 9.24. The van der Waals surface area contributed by atoms with Crippen LogP contribution < -0.4 is 20.1 Å². The standard InChI is InChI=1S/C19H25N5O3S/c1-22(2)28(26,27)17-7-5-6-16(14-17)21-19(25)15-23-10-12-24(13-11-23)18-8-3-4-9-20-18/h3-9,14H,10-13,15H2,1-2H3,(H,21,25)/p+2. The molecule has 1 aromatic carbocycles.